The van der Waals surface area contributed by atoms with Gasteiger partial charge < -0.3 is 37.0 Å². The highest BCUT2D eigenvalue weighted by Crippen LogP contribution is 2.07. The molecule has 0 aliphatic carbocycles. The Kier molecular flexibility index (Phi) is 13.0. The van der Waals surface area contributed by atoms with Gasteiger partial charge in [0, 0.05) is 0 Å². The molecule has 3 amide bonds. The van der Waals surface area contributed by atoms with Gasteiger partial charge in [0.15, 0.2) is 0 Å². The zero-order chi connectivity index (χ0) is 25.0. The Labute approximate surface area is 188 Å². The SMILES string of the molecule is CSCCC(NC(=O)C(N)CC(=O)O)C(=O)NC(C(=O)NC(CC(=O)O)C(=O)O)C(C)C. The van der Waals surface area contributed by atoms with Crippen molar-refractivity contribution in [2.75, 3.05) is 12.0 Å². The molecule has 8 N–H and O–H groups in total. The van der Waals surface area contributed by atoms with E-state index < -0.39 is 78.6 Å². The molecule has 0 aliphatic heterocycles. The Morgan fingerprint density at radius 2 is 1.34 bits per heavy atom. The summed E-state index contributed by atoms with van der Waals surface area (Å²) in [7, 11) is 0. The van der Waals surface area contributed by atoms with Crippen LogP contribution in [-0.4, -0.2) is 87.1 Å². The van der Waals surface area contributed by atoms with Crippen molar-refractivity contribution in [3.63, 3.8) is 0 Å². The van der Waals surface area contributed by atoms with E-state index >= 15 is 0 Å². The molecule has 0 heterocycles. The first-order valence-corrected chi connectivity index (χ1v) is 11.0. The summed E-state index contributed by atoms with van der Waals surface area (Å²) in [6.45, 7) is 3.16. The average Bonchev–Trinajstić information content (AvgIpc) is 2.66. The van der Waals surface area contributed by atoms with Gasteiger partial charge >= 0.3 is 17.9 Å². The second-order valence-electron chi connectivity index (χ2n) is 7.27. The summed E-state index contributed by atoms with van der Waals surface area (Å²) in [6.07, 6.45) is 0.432. The molecule has 0 saturated carbocycles. The number of hydrogen-bond donors (Lipinski definition) is 7. The molecule has 0 spiro atoms. The van der Waals surface area contributed by atoms with Crippen LogP contribution in [0, 0.1) is 5.92 Å². The van der Waals surface area contributed by atoms with Crippen LogP contribution in [0.3, 0.4) is 0 Å². The minimum Gasteiger partial charge on any atom is -0.481 e. The predicted molar refractivity (Wildman–Crippen MR) is 114 cm³/mol. The van der Waals surface area contributed by atoms with Crippen LogP contribution in [0.5, 0.6) is 0 Å². The molecule has 0 aromatic heterocycles. The molecule has 0 aromatic carbocycles. The molecule has 4 atom stereocenters. The van der Waals surface area contributed by atoms with Gasteiger partial charge in [0.1, 0.15) is 18.1 Å². The Morgan fingerprint density at radius 1 is 0.812 bits per heavy atom. The van der Waals surface area contributed by atoms with Crippen molar-refractivity contribution in [2.24, 2.45) is 11.7 Å². The molecule has 0 rings (SSSR count). The van der Waals surface area contributed by atoms with E-state index in [0.29, 0.717) is 5.75 Å². The standard InChI is InChI=1S/C18H30N4O9S/c1-8(2)14(17(29)21-11(18(30)31)7-13(25)26)22-16(28)10(4-5-32-3)20-15(27)9(19)6-12(23)24/h8-11,14H,4-7,19H2,1-3H3,(H,20,27)(H,21,29)(H,22,28)(H,23,24)(H,25,26)(H,30,31). The third kappa shape index (κ3) is 10.9. The van der Waals surface area contributed by atoms with E-state index in [1.807, 2.05) is 0 Å². The number of amides is 3. The van der Waals surface area contributed by atoms with E-state index in [4.69, 9.17) is 21.1 Å². The summed E-state index contributed by atoms with van der Waals surface area (Å²) in [6, 6.07) is -5.43. The third-order valence-corrected chi connectivity index (χ3v) is 4.86. The Bertz CT molecular complexity index is 717. The number of nitrogens with one attached hydrogen (secondary N) is 3. The van der Waals surface area contributed by atoms with Gasteiger partial charge in [-0.25, -0.2) is 4.79 Å². The monoisotopic (exact) mass is 478 g/mol. The number of carbonyl (C=O) groups excluding carboxylic acids is 3. The van der Waals surface area contributed by atoms with Crippen LogP contribution in [0.1, 0.15) is 33.1 Å². The quantitative estimate of drug-likeness (QED) is 0.139. The summed E-state index contributed by atoms with van der Waals surface area (Å²) in [5, 5.41) is 33.6. The average molecular weight is 479 g/mol. The first-order valence-electron chi connectivity index (χ1n) is 9.62. The van der Waals surface area contributed by atoms with Crippen LogP contribution in [0.2, 0.25) is 0 Å². The van der Waals surface area contributed by atoms with Crippen molar-refractivity contribution in [2.45, 2.75) is 57.3 Å². The molecule has 0 bridgehead atoms. The molecule has 13 nitrogen and oxygen atoms in total. The molecule has 32 heavy (non-hydrogen) atoms. The first kappa shape index (κ1) is 29.1. The minimum atomic E-state index is -1.70. The van der Waals surface area contributed by atoms with Crippen LogP contribution in [0.15, 0.2) is 0 Å². The van der Waals surface area contributed by atoms with Crippen molar-refractivity contribution < 1.29 is 44.1 Å². The van der Waals surface area contributed by atoms with Crippen molar-refractivity contribution in [1.82, 2.24) is 16.0 Å². The zero-order valence-corrected chi connectivity index (χ0v) is 18.8. The number of nitrogens with two attached hydrogens (primary N) is 1. The van der Waals surface area contributed by atoms with Crippen LogP contribution in [-0.2, 0) is 28.8 Å². The van der Waals surface area contributed by atoms with Crippen LogP contribution < -0.4 is 21.7 Å². The fourth-order valence-corrected chi connectivity index (χ4v) is 2.96. The molecule has 14 heteroatoms. The molecule has 4 unspecified atom stereocenters. The summed E-state index contributed by atoms with van der Waals surface area (Å²) >= 11 is 1.39. The van der Waals surface area contributed by atoms with Crippen molar-refractivity contribution in [3.8, 4) is 0 Å². The van der Waals surface area contributed by atoms with E-state index in [9.17, 15) is 28.8 Å². The number of carboxylic acids is 3. The summed E-state index contributed by atoms with van der Waals surface area (Å²) in [5.74, 6) is -6.84. The van der Waals surface area contributed by atoms with E-state index in [1.165, 1.54) is 11.8 Å². The lowest BCUT2D eigenvalue weighted by Crippen LogP contribution is -2.58. The maximum Gasteiger partial charge on any atom is 0.326 e. The van der Waals surface area contributed by atoms with Crippen LogP contribution in [0.4, 0.5) is 0 Å². The largest absolute Gasteiger partial charge is 0.481 e. The number of carbonyl (C=O) groups is 6. The Hall–Kier alpha value is -2.87. The van der Waals surface area contributed by atoms with Crippen molar-refractivity contribution in [3.05, 3.63) is 0 Å². The third-order valence-electron chi connectivity index (χ3n) is 4.22. The van der Waals surface area contributed by atoms with E-state index in [-0.39, 0.29) is 6.42 Å². The molecule has 182 valence electrons. The molecular weight excluding hydrogens is 448 g/mol. The lowest BCUT2D eigenvalue weighted by Gasteiger charge is -2.26. The van der Waals surface area contributed by atoms with Crippen LogP contribution >= 0.6 is 11.8 Å². The minimum absolute atomic E-state index is 0.154. The Morgan fingerprint density at radius 3 is 1.78 bits per heavy atom. The number of hydrogen-bond acceptors (Lipinski definition) is 8. The molecule has 0 aromatic rings. The van der Waals surface area contributed by atoms with Gasteiger partial charge in [-0.1, -0.05) is 13.8 Å². The van der Waals surface area contributed by atoms with Gasteiger partial charge in [0.05, 0.1) is 18.9 Å². The summed E-state index contributed by atoms with van der Waals surface area (Å²) in [4.78, 5) is 70.2. The van der Waals surface area contributed by atoms with E-state index in [1.54, 1.807) is 20.1 Å². The topological polar surface area (TPSA) is 225 Å². The molecule has 0 aliphatic rings. The second kappa shape index (κ2) is 14.2. The second-order valence-corrected chi connectivity index (χ2v) is 8.26. The normalized spacial score (nSPS) is 14.5. The van der Waals surface area contributed by atoms with Crippen LogP contribution in [0.25, 0.3) is 0 Å². The number of aliphatic carboxylic acids is 3. The van der Waals surface area contributed by atoms with Gasteiger partial charge in [-0.05, 0) is 24.3 Å². The van der Waals surface area contributed by atoms with Gasteiger partial charge in [-0.15, -0.1) is 0 Å². The summed E-state index contributed by atoms with van der Waals surface area (Å²) in [5.41, 5.74) is 5.52. The highest BCUT2D eigenvalue weighted by atomic mass is 32.2. The predicted octanol–water partition coefficient (Wildman–Crippen LogP) is -1.79. The highest BCUT2D eigenvalue weighted by molar-refractivity contribution is 7.98. The molecule has 0 fully saturated rings. The lowest BCUT2D eigenvalue weighted by atomic mass is 10.0. The van der Waals surface area contributed by atoms with Crippen molar-refractivity contribution >= 4 is 47.4 Å². The lowest BCUT2D eigenvalue weighted by molar-refractivity contribution is -0.147. The van der Waals surface area contributed by atoms with Gasteiger partial charge in [0.25, 0.3) is 0 Å². The molecule has 0 radical (unpaired) electrons. The number of rotatable bonds is 15. The maximum absolute atomic E-state index is 12.8. The fraction of sp³-hybridized carbons (Fsp3) is 0.667. The number of carboxylic acid groups (broad SMARTS) is 3. The highest BCUT2D eigenvalue weighted by Gasteiger charge is 2.32. The van der Waals surface area contributed by atoms with Gasteiger partial charge in [0.2, 0.25) is 17.7 Å². The zero-order valence-electron chi connectivity index (χ0n) is 18.0. The van der Waals surface area contributed by atoms with E-state index in [2.05, 4.69) is 16.0 Å². The maximum atomic E-state index is 12.8. The van der Waals surface area contributed by atoms with Gasteiger partial charge in [-0.2, -0.15) is 11.8 Å². The molecular formula is C18H30N4O9S. The van der Waals surface area contributed by atoms with E-state index in [0.717, 1.165) is 0 Å². The smallest absolute Gasteiger partial charge is 0.326 e. The van der Waals surface area contributed by atoms with Gasteiger partial charge in [-0.3, -0.25) is 24.0 Å². The first-order chi connectivity index (χ1) is 14.8. The Balaban J connectivity index is 5.40. The van der Waals surface area contributed by atoms with Crippen molar-refractivity contribution in [1.29, 1.82) is 0 Å². The summed E-state index contributed by atoms with van der Waals surface area (Å²) < 4.78 is 0. The fourth-order valence-electron chi connectivity index (χ4n) is 2.49. The number of thioether (sulfide) groups is 1. The molecule has 0 saturated heterocycles.